The van der Waals surface area contributed by atoms with E-state index < -0.39 is 0 Å². The highest BCUT2D eigenvalue weighted by Crippen LogP contribution is 2.28. The van der Waals surface area contributed by atoms with Crippen LogP contribution in [-0.4, -0.2) is 26.2 Å². The minimum Gasteiger partial charge on any atom is -0.316 e. The fourth-order valence-electron chi connectivity index (χ4n) is 2.54. The Labute approximate surface area is 82.5 Å². The van der Waals surface area contributed by atoms with Crippen LogP contribution >= 0.6 is 0 Å². The molecule has 78 valence electrons. The molecule has 2 N–H and O–H groups in total. The fraction of sp³-hybridized carbons (Fsp3) is 1.00. The topological polar surface area (TPSA) is 24.1 Å². The van der Waals surface area contributed by atoms with Crippen LogP contribution in [0.1, 0.15) is 33.6 Å². The van der Waals surface area contributed by atoms with Gasteiger partial charge in [0.1, 0.15) is 0 Å². The predicted octanol–water partition coefficient (Wildman–Crippen LogP) is 1.62. The van der Waals surface area contributed by atoms with Crippen molar-refractivity contribution in [3.05, 3.63) is 0 Å². The van der Waals surface area contributed by atoms with Gasteiger partial charge in [0.25, 0.3) is 0 Å². The minimum absolute atomic E-state index is 0.373. The predicted molar refractivity (Wildman–Crippen MR) is 57.9 cm³/mol. The molecule has 0 aliphatic carbocycles. The van der Waals surface area contributed by atoms with E-state index in [-0.39, 0.29) is 0 Å². The summed E-state index contributed by atoms with van der Waals surface area (Å²) in [4.78, 5) is 0. The number of hydrogen-bond acceptors (Lipinski definition) is 2. The molecule has 0 aromatic rings. The third-order valence-electron chi connectivity index (χ3n) is 3.05. The van der Waals surface area contributed by atoms with Gasteiger partial charge in [-0.3, -0.25) is 0 Å². The Morgan fingerprint density at radius 3 is 2.46 bits per heavy atom. The summed E-state index contributed by atoms with van der Waals surface area (Å²) < 4.78 is 0. The molecule has 1 rings (SSSR count). The highest BCUT2D eigenvalue weighted by Gasteiger charge is 2.31. The van der Waals surface area contributed by atoms with Crippen molar-refractivity contribution < 1.29 is 0 Å². The second kappa shape index (κ2) is 4.43. The summed E-state index contributed by atoms with van der Waals surface area (Å²) in [6, 6.07) is 0.639. The molecule has 0 radical (unpaired) electrons. The van der Waals surface area contributed by atoms with E-state index in [9.17, 15) is 0 Å². The van der Waals surface area contributed by atoms with Gasteiger partial charge in [-0.2, -0.15) is 0 Å². The molecule has 1 fully saturated rings. The van der Waals surface area contributed by atoms with Crippen molar-refractivity contribution in [1.29, 1.82) is 0 Å². The van der Waals surface area contributed by atoms with Crippen molar-refractivity contribution in [3.8, 4) is 0 Å². The van der Waals surface area contributed by atoms with Crippen LogP contribution in [0.3, 0.4) is 0 Å². The number of piperidine rings is 1. The quantitative estimate of drug-likeness (QED) is 0.681. The van der Waals surface area contributed by atoms with Gasteiger partial charge in [-0.05, 0) is 44.3 Å². The molecule has 1 heterocycles. The molecule has 1 aliphatic rings. The molecule has 2 unspecified atom stereocenters. The van der Waals surface area contributed by atoms with Crippen molar-refractivity contribution in [2.75, 3.05) is 20.1 Å². The summed E-state index contributed by atoms with van der Waals surface area (Å²) in [6.45, 7) is 9.36. The van der Waals surface area contributed by atoms with Crippen LogP contribution in [0.5, 0.6) is 0 Å². The first-order chi connectivity index (χ1) is 6.05. The van der Waals surface area contributed by atoms with Crippen molar-refractivity contribution in [3.63, 3.8) is 0 Å². The largest absolute Gasteiger partial charge is 0.316 e. The zero-order valence-corrected chi connectivity index (χ0v) is 9.48. The lowest BCUT2D eigenvalue weighted by molar-refractivity contribution is 0.175. The van der Waals surface area contributed by atoms with Gasteiger partial charge in [-0.25, -0.2) is 0 Å². The first-order valence-electron chi connectivity index (χ1n) is 5.43. The maximum absolute atomic E-state index is 3.48. The van der Waals surface area contributed by atoms with E-state index in [1.54, 1.807) is 0 Å². The Hall–Kier alpha value is -0.0800. The van der Waals surface area contributed by atoms with Crippen molar-refractivity contribution in [1.82, 2.24) is 10.6 Å². The van der Waals surface area contributed by atoms with Crippen molar-refractivity contribution in [2.24, 2.45) is 11.3 Å². The number of nitrogens with one attached hydrogen (secondary N) is 2. The Morgan fingerprint density at radius 1 is 1.38 bits per heavy atom. The van der Waals surface area contributed by atoms with Gasteiger partial charge in [0.05, 0.1) is 0 Å². The lowest BCUT2D eigenvalue weighted by Crippen LogP contribution is -2.49. The molecule has 0 spiro atoms. The third kappa shape index (κ3) is 2.96. The highest BCUT2D eigenvalue weighted by molar-refractivity contribution is 4.88. The molecule has 2 heteroatoms. The lowest BCUT2D eigenvalue weighted by Gasteiger charge is -2.39. The van der Waals surface area contributed by atoms with Gasteiger partial charge in [0, 0.05) is 6.04 Å². The van der Waals surface area contributed by atoms with Gasteiger partial charge in [0.2, 0.25) is 0 Å². The van der Waals surface area contributed by atoms with Crippen molar-refractivity contribution >= 4 is 0 Å². The lowest BCUT2D eigenvalue weighted by atomic mass is 9.76. The summed E-state index contributed by atoms with van der Waals surface area (Å²) in [5.41, 5.74) is 0.373. The zero-order chi connectivity index (χ0) is 9.90. The molecule has 0 aromatic heterocycles. The van der Waals surface area contributed by atoms with Crippen LogP contribution in [0, 0.1) is 11.3 Å². The number of hydrogen-bond donors (Lipinski definition) is 2. The third-order valence-corrected chi connectivity index (χ3v) is 3.05. The molecular weight excluding hydrogens is 160 g/mol. The van der Waals surface area contributed by atoms with E-state index in [0.29, 0.717) is 11.5 Å². The standard InChI is InChI=1S/C11H24N2/c1-11(2,3)10(12-4)9-6-5-7-13-8-9/h9-10,12-13H,5-8H2,1-4H3. The summed E-state index contributed by atoms with van der Waals surface area (Å²) in [5, 5.41) is 6.95. The Bertz CT molecular complexity index is 143. The van der Waals surface area contributed by atoms with Crippen LogP contribution in [0.2, 0.25) is 0 Å². The molecule has 0 saturated carbocycles. The van der Waals surface area contributed by atoms with E-state index in [1.807, 2.05) is 0 Å². The SMILES string of the molecule is CNC(C1CCCNC1)C(C)(C)C. The molecule has 2 atom stereocenters. The molecule has 1 aliphatic heterocycles. The average Bonchev–Trinajstić information content (AvgIpc) is 2.05. The van der Waals surface area contributed by atoms with Gasteiger partial charge in [0.15, 0.2) is 0 Å². The smallest absolute Gasteiger partial charge is 0.0153 e. The maximum Gasteiger partial charge on any atom is 0.0153 e. The van der Waals surface area contributed by atoms with Crippen LogP contribution in [0.4, 0.5) is 0 Å². The van der Waals surface area contributed by atoms with Gasteiger partial charge < -0.3 is 10.6 Å². The normalized spacial score (nSPS) is 27.2. The summed E-state index contributed by atoms with van der Waals surface area (Å²) in [5.74, 6) is 0.804. The summed E-state index contributed by atoms with van der Waals surface area (Å²) in [6.07, 6.45) is 2.70. The van der Waals surface area contributed by atoms with Gasteiger partial charge in [-0.15, -0.1) is 0 Å². The molecule has 0 amide bonds. The van der Waals surface area contributed by atoms with Crippen LogP contribution in [0.15, 0.2) is 0 Å². The first-order valence-corrected chi connectivity index (χ1v) is 5.43. The van der Waals surface area contributed by atoms with E-state index in [4.69, 9.17) is 0 Å². The second-order valence-corrected chi connectivity index (χ2v) is 5.24. The molecule has 13 heavy (non-hydrogen) atoms. The zero-order valence-electron chi connectivity index (χ0n) is 9.48. The molecule has 0 aromatic carbocycles. The van der Waals surface area contributed by atoms with Crippen molar-refractivity contribution in [2.45, 2.75) is 39.7 Å². The fourth-order valence-corrected chi connectivity index (χ4v) is 2.54. The minimum atomic E-state index is 0.373. The monoisotopic (exact) mass is 184 g/mol. The summed E-state index contributed by atoms with van der Waals surface area (Å²) >= 11 is 0. The Balaban J connectivity index is 2.54. The van der Waals surface area contributed by atoms with E-state index in [2.05, 4.69) is 38.5 Å². The Morgan fingerprint density at radius 2 is 2.08 bits per heavy atom. The second-order valence-electron chi connectivity index (χ2n) is 5.24. The van der Waals surface area contributed by atoms with E-state index in [0.717, 1.165) is 5.92 Å². The average molecular weight is 184 g/mol. The van der Waals surface area contributed by atoms with E-state index >= 15 is 0 Å². The highest BCUT2D eigenvalue weighted by atomic mass is 14.9. The molecule has 0 bridgehead atoms. The van der Waals surface area contributed by atoms with Crippen LogP contribution < -0.4 is 10.6 Å². The Kier molecular flexibility index (Phi) is 3.74. The van der Waals surface area contributed by atoms with Gasteiger partial charge >= 0.3 is 0 Å². The van der Waals surface area contributed by atoms with E-state index in [1.165, 1.54) is 25.9 Å². The molecular formula is C11H24N2. The molecule has 1 saturated heterocycles. The van der Waals surface area contributed by atoms with Crippen LogP contribution in [-0.2, 0) is 0 Å². The molecule has 2 nitrogen and oxygen atoms in total. The first kappa shape index (κ1) is 11.0. The number of rotatable bonds is 2. The van der Waals surface area contributed by atoms with Crippen LogP contribution in [0.25, 0.3) is 0 Å². The van der Waals surface area contributed by atoms with Gasteiger partial charge in [-0.1, -0.05) is 20.8 Å². The summed E-state index contributed by atoms with van der Waals surface area (Å²) in [7, 11) is 2.09. The maximum atomic E-state index is 3.48.